The van der Waals surface area contributed by atoms with E-state index in [4.69, 9.17) is 0 Å². The number of aliphatic hydroxyl groups excluding tert-OH is 1. The molecule has 2 rings (SSSR count). The van der Waals surface area contributed by atoms with Crippen LogP contribution >= 0.6 is 15.9 Å². The van der Waals surface area contributed by atoms with Gasteiger partial charge in [-0.15, -0.1) is 0 Å². The molecule has 0 bridgehead atoms. The van der Waals surface area contributed by atoms with Gasteiger partial charge >= 0.3 is 0 Å². The summed E-state index contributed by atoms with van der Waals surface area (Å²) in [7, 11) is 0. The molecule has 0 saturated heterocycles. The molecule has 0 fully saturated rings. The van der Waals surface area contributed by atoms with Crippen molar-refractivity contribution in [3.05, 3.63) is 45.4 Å². The summed E-state index contributed by atoms with van der Waals surface area (Å²) in [4.78, 5) is 0. The summed E-state index contributed by atoms with van der Waals surface area (Å²) >= 11 is 3.41. The van der Waals surface area contributed by atoms with E-state index in [1.165, 1.54) is 6.07 Å². The first kappa shape index (κ1) is 13.2. The second-order valence-corrected chi connectivity index (χ2v) is 5.08. The van der Waals surface area contributed by atoms with Crippen molar-refractivity contribution in [1.29, 1.82) is 0 Å². The Morgan fingerprint density at radius 3 is 2.50 bits per heavy atom. The minimum absolute atomic E-state index is 0.380. The fourth-order valence-corrected chi connectivity index (χ4v) is 2.06. The van der Waals surface area contributed by atoms with Gasteiger partial charge in [-0.2, -0.15) is 5.10 Å². The number of halogens is 2. The first-order chi connectivity index (χ1) is 8.41. The molecule has 1 aromatic carbocycles. The number of benzene rings is 1. The van der Waals surface area contributed by atoms with Crippen LogP contribution in [0.4, 0.5) is 4.39 Å². The van der Waals surface area contributed by atoms with E-state index in [1.54, 1.807) is 23.7 Å². The molecule has 1 heterocycles. The first-order valence-electron chi connectivity index (χ1n) is 5.61. The normalized spacial score (nSPS) is 12.8. The van der Waals surface area contributed by atoms with Crippen molar-refractivity contribution in [2.75, 3.05) is 0 Å². The van der Waals surface area contributed by atoms with Gasteiger partial charge in [0.15, 0.2) is 0 Å². The molecule has 0 saturated carbocycles. The Balaban J connectivity index is 2.54. The summed E-state index contributed by atoms with van der Waals surface area (Å²) in [6.07, 6.45) is -0.680. The third kappa shape index (κ3) is 2.20. The second kappa shape index (κ2) is 4.82. The fourth-order valence-electron chi connectivity index (χ4n) is 1.81. The number of hydrogen-bond donors (Lipinski definition) is 1. The van der Waals surface area contributed by atoms with Gasteiger partial charge in [-0.1, -0.05) is 6.07 Å². The third-order valence-electron chi connectivity index (χ3n) is 2.89. The van der Waals surface area contributed by atoms with Gasteiger partial charge in [0, 0.05) is 0 Å². The first-order valence-corrected chi connectivity index (χ1v) is 6.40. The van der Waals surface area contributed by atoms with Crippen LogP contribution in [-0.4, -0.2) is 14.9 Å². The third-order valence-corrected chi connectivity index (χ3v) is 4.03. The largest absolute Gasteiger partial charge is 0.389 e. The molecule has 5 heteroatoms. The topological polar surface area (TPSA) is 38.0 Å². The van der Waals surface area contributed by atoms with Gasteiger partial charge in [-0.05, 0) is 54.4 Å². The van der Waals surface area contributed by atoms with E-state index in [-0.39, 0.29) is 0 Å². The van der Waals surface area contributed by atoms with Crippen LogP contribution in [0, 0.1) is 19.7 Å². The molecule has 0 aliphatic carbocycles. The molecule has 1 aromatic heterocycles. The predicted octanol–water partition coefficient (Wildman–Crippen LogP) is 3.44. The van der Waals surface area contributed by atoms with E-state index in [0.717, 1.165) is 15.9 Å². The molecular weight excluding hydrogens is 299 g/mol. The highest BCUT2D eigenvalue weighted by molar-refractivity contribution is 9.10. The zero-order valence-corrected chi connectivity index (χ0v) is 12.0. The monoisotopic (exact) mass is 312 g/mol. The summed E-state index contributed by atoms with van der Waals surface area (Å²) in [5, 5.41) is 13.7. The van der Waals surface area contributed by atoms with Gasteiger partial charge in [0.25, 0.3) is 0 Å². The molecule has 0 unspecified atom stereocenters. The highest BCUT2D eigenvalue weighted by Gasteiger charge is 2.14. The van der Waals surface area contributed by atoms with Crippen LogP contribution in [0.2, 0.25) is 0 Å². The fraction of sp³-hybridized carbons (Fsp3) is 0.308. The molecule has 0 aliphatic heterocycles. The molecule has 1 N–H and O–H groups in total. The minimum atomic E-state index is -0.680. The smallest absolute Gasteiger partial charge is 0.149 e. The lowest BCUT2D eigenvalue weighted by Crippen LogP contribution is -2.03. The Labute approximate surface area is 113 Å². The number of hydrogen-bond acceptors (Lipinski definition) is 2. The Kier molecular flexibility index (Phi) is 3.54. The SMILES string of the molecule is Cc1nn(-c2ccc([C@H](C)O)cc2F)c(C)c1Br. The van der Waals surface area contributed by atoms with Crippen LogP contribution in [0.15, 0.2) is 22.7 Å². The maximum atomic E-state index is 14.0. The van der Waals surface area contributed by atoms with Crippen LogP contribution in [0.1, 0.15) is 30.0 Å². The Morgan fingerprint density at radius 1 is 1.39 bits per heavy atom. The maximum absolute atomic E-state index is 14.0. The lowest BCUT2D eigenvalue weighted by atomic mass is 10.1. The summed E-state index contributed by atoms with van der Waals surface area (Å²) in [5.74, 6) is -0.397. The Bertz CT molecular complexity index is 593. The number of aliphatic hydroxyl groups is 1. The van der Waals surface area contributed by atoms with Gasteiger partial charge in [0.1, 0.15) is 11.5 Å². The molecule has 2 aromatic rings. The van der Waals surface area contributed by atoms with E-state index in [9.17, 15) is 9.50 Å². The minimum Gasteiger partial charge on any atom is -0.389 e. The van der Waals surface area contributed by atoms with Crippen molar-refractivity contribution >= 4 is 15.9 Å². The van der Waals surface area contributed by atoms with E-state index in [0.29, 0.717) is 11.3 Å². The predicted molar refractivity (Wildman–Crippen MR) is 71.3 cm³/mol. The maximum Gasteiger partial charge on any atom is 0.149 e. The molecule has 1 atom stereocenters. The lowest BCUT2D eigenvalue weighted by Gasteiger charge is -2.09. The van der Waals surface area contributed by atoms with Crippen molar-refractivity contribution in [3.63, 3.8) is 0 Å². The van der Waals surface area contributed by atoms with Gasteiger partial charge in [0.05, 0.1) is 22.0 Å². The zero-order valence-electron chi connectivity index (χ0n) is 10.4. The van der Waals surface area contributed by atoms with Gasteiger partial charge in [0.2, 0.25) is 0 Å². The molecule has 96 valence electrons. The molecule has 0 amide bonds. The van der Waals surface area contributed by atoms with Crippen LogP contribution < -0.4 is 0 Å². The summed E-state index contributed by atoms with van der Waals surface area (Å²) < 4.78 is 16.5. The highest BCUT2D eigenvalue weighted by atomic mass is 79.9. The molecular formula is C13H14BrFN2O. The standard InChI is InChI=1S/C13H14BrFN2O/c1-7-13(14)8(2)17(16-7)12-5-4-10(9(3)18)6-11(12)15/h4-6,9,18H,1-3H3/t9-/m0/s1. The van der Waals surface area contributed by atoms with Gasteiger partial charge < -0.3 is 5.11 Å². The van der Waals surface area contributed by atoms with E-state index in [2.05, 4.69) is 21.0 Å². The molecule has 0 aliphatic rings. The summed E-state index contributed by atoms with van der Waals surface area (Å²) in [6.45, 7) is 5.33. The van der Waals surface area contributed by atoms with Crippen molar-refractivity contribution in [1.82, 2.24) is 9.78 Å². The van der Waals surface area contributed by atoms with Crippen LogP contribution in [0.3, 0.4) is 0 Å². The average Bonchev–Trinajstić information content (AvgIpc) is 2.57. The zero-order chi connectivity index (χ0) is 13.4. The quantitative estimate of drug-likeness (QED) is 0.922. The Morgan fingerprint density at radius 2 is 2.06 bits per heavy atom. The van der Waals surface area contributed by atoms with E-state index >= 15 is 0 Å². The van der Waals surface area contributed by atoms with E-state index in [1.807, 2.05) is 13.8 Å². The highest BCUT2D eigenvalue weighted by Crippen LogP contribution is 2.25. The summed E-state index contributed by atoms with van der Waals surface area (Å²) in [6, 6.07) is 4.67. The molecule has 0 spiro atoms. The van der Waals surface area contributed by atoms with Crippen molar-refractivity contribution in [2.24, 2.45) is 0 Å². The molecule has 3 nitrogen and oxygen atoms in total. The second-order valence-electron chi connectivity index (χ2n) is 4.28. The average molecular weight is 313 g/mol. The van der Waals surface area contributed by atoms with Crippen molar-refractivity contribution in [3.8, 4) is 5.69 Å². The molecule has 18 heavy (non-hydrogen) atoms. The van der Waals surface area contributed by atoms with Gasteiger partial charge in [-0.3, -0.25) is 0 Å². The van der Waals surface area contributed by atoms with Crippen LogP contribution in [0.25, 0.3) is 5.69 Å². The molecule has 0 radical (unpaired) electrons. The van der Waals surface area contributed by atoms with Crippen molar-refractivity contribution < 1.29 is 9.50 Å². The van der Waals surface area contributed by atoms with Crippen molar-refractivity contribution in [2.45, 2.75) is 26.9 Å². The number of aromatic nitrogens is 2. The van der Waals surface area contributed by atoms with Gasteiger partial charge in [-0.25, -0.2) is 9.07 Å². The van der Waals surface area contributed by atoms with Crippen LogP contribution in [-0.2, 0) is 0 Å². The number of nitrogens with zero attached hydrogens (tertiary/aromatic N) is 2. The van der Waals surface area contributed by atoms with Crippen LogP contribution in [0.5, 0.6) is 0 Å². The Hall–Kier alpha value is -1.20. The lowest BCUT2D eigenvalue weighted by molar-refractivity contribution is 0.199. The summed E-state index contributed by atoms with van der Waals surface area (Å²) in [5.41, 5.74) is 2.59. The number of rotatable bonds is 2. The number of aryl methyl sites for hydroxylation is 1. The van der Waals surface area contributed by atoms with E-state index < -0.39 is 11.9 Å².